The highest BCUT2D eigenvalue weighted by Gasteiger charge is 2.20. The summed E-state index contributed by atoms with van der Waals surface area (Å²) in [7, 11) is 0. The Hall–Kier alpha value is -2.04. The Morgan fingerprint density at radius 3 is 2.52 bits per heavy atom. The van der Waals surface area contributed by atoms with Crippen LogP contribution in [0, 0.1) is 5.92 Å². The average molecular weight is 291 g/mol. The predicted octanol–water partition coefficient (Wildman–Crippen LogP) is 2.58. The summed E-state index contributed by atoms with van der Waals surface area (Å²) in [5.41, 5.74) is 2.41. The molecule has 114 valence electrons. The third-order valence-corrected chi connectivity index (χ3v) is 3.55. The molecule has 1 N–H and O–H groups in total. The first kappa shape index (κ1) is 15.4. The number of rotatable bonds is 3. The van der Waals surface area contributed by atoms with Crippen molar-refractivity contribution in [2.75, 3.05) is 19.7 Å². The van der Waals surface area contributed by atoms with Gasteiger partial charge in [0.2, 0.25) is 0 Å². The fourth-order valence-corrected chi connectivity index (χ4v) is 2.37. The summed E-state index contributed by atoms with van der Waals surface area (Å²) in [5, 5.41) is 9.03. The maximum absolute atomic E-state index is 12.0. The molecule has 5 nitrogen and oxygen atoms in total. The quantitative estimate of drug-likeness (QED) is 0.929. The van der Waals surface area contributed by atoms with E-state index in [0.29, 0.717) is 37.6 Å². The SMILES string of the molecule is CC(C)COC(=O)N1CCc2ccc(C(=O)O)cc2CC1. The van der Waals surface area contributed by atoms with Gasteiger partial charge in [-0.05, 0) is 42.0 Å². The third kappa shape index (κ3) is 3.97. The maximum atomic E-state index is 12.0. The van der Waals surface area contributed by atoms with E-state index in [1.165, 1.54) is 0 Å². The number of hydrogen-bond donors (Lipinski definition) is 1. The van der Waals surface area contributed by atoms with E-state index >= 15 is 0 Å². The molecule has 1 heterocycles. The molecule has 0 bridgehead atoms. The number of fused-ring (bicyclic) bond motifs is 1. The molecule has 5 heteroatoms. The topological polar surface area (TPSA) is 66.8 Å². The van der Waals surface area contributed by atoms with E-state index in [-0.39, 0.29) is 6.09 Å². The number of aromatic carboxylic acids is 1. The van der Waals surface area contributed by atoms with Crippen LogP contribution in [0.3, 0.4) is 0 Å². The van der Waals surface area contributed by atoms with E-state index < -0.39 is 5.97 Å². The fraction of sp³-hybridized carbons (Fsp3) is 0.500. The summed E-state index contributed by atoms with van der Waals surface area (Å²) in [6, 6.07) is 5.18. The predicted molar refractivity (Wildman–Crippen MR) is 78.6 cm³/mol. The van der Waals surface area contributed by atoms with Crippen LogP contribution < -0.4 is 0 Å². The van der Waals surface area contributed by atoms with E-state index in [1.54, 1.807) is 17.0 Å². The number of ether oxygens (including phenoxy) is 1. The lowest BCUT2D eigenvalue weighted by atomic mass is 10.0. The molecule has 0 unspecified atom stereocenters. The van der Waals surface area contributed by atoms with Gasteiger partial charge in [0.15, 0.2) is 0 Å². The summed E-state index contributed by atoms with van der Waals surface area (Å²) in [6.45, 7) is 5.59. The molecule has 2 rings (SSSR count). The van der Waals surface area contributed by atoms with Gasteiger partial charge in [-0.25, -0.2) is 9.59 Å². The maximum Gasteiger partial charge on any atom is 0.409 e. The highest BCUT2D eigenvalue weighted by Crippen LogP contribution is 2.18. The van der Waals surface area contributed by atoms with E-state index in [9.17, 15) is 9.59 Å². The van der Waals surface area contributed by atoms with Gasteiger partial charge in [-0.15, -0.1) is 0 Å². The summed E-state index contributed by atoms with van der Waals surface area (Å²) >= 11 is 0. The number of carbonyl (C=O) groups excluding carboxylic acids is 1. The summed E-state index contributed by atoms with van der Waals surface area (Å²) < 4.78 is 5.25. The first-order valence-electron chi connectivity index (χ1n) is 7.24. The molecule has 0 saturated carbocycles. The van der Waals surface area contributed by atoms with Gasteiger partial charge in [0, 0.05) is 13.1 Å². The Morgan fingerprint density at radius 2 is 1.90 bits per heavy atom. The minimum absolute atomic E-state index is 0.282. The number of amides is 1. The lowest BCUT2D eigenvalue weighted by molar-refractivity contribution is 0.0696. The zero-order valence-corrected chi connectivity index (χ0v) is 12.5. The van der Waals surface area contributed by atoms with Crippen LogP contribution in [-0.2, 0) is 17.6 Å². The van der Waals surface area contributed by atoms with Gasteiger partial charge in [0.1, 0.15) is 0 Å². The van der Waals surface area contributed by atoms with Crippen LogP contribution in [0.25, 0.3) is 0 Å². The first-order valence-corrected chi connectivity index (χ1v) is 7.24. The Bertz CT molecular complexity index is 539. The van der Waals surface area contributed by atoms with Crippen LogP contribution in [0.1, 0.15) is 35.3 Å². The van der Waals surface area contributed by atoms with Gasteiger partial charge in [0.05, 0.1) is 12.2 Å². The van der Waals surface area contributed by atoms with Crippen molar-refractivity contribution < 1.29 is 19.4 Å². The monoisotopic (exact) mass is 291 g/mol. The van der Waals surface area contributed by atoms with Gasteiger partial charge >= 0.3 is 12.1 Å². The van der Waals surface area contributed by atoms with Gasteiger partial charge < -0.3 is 14.7 Å². The molecule has 0 saturated heterocycles. The molecule has 21 heavy (non-hydrogen) atoms. The number of carbonyl (C=O) groups is 2. The zero-order chi connectivity index (χ0) is 15.4. The van der Waals surface area contributed by atoms with Crippen molar-refractivity contribution >= 4 is 12.1 Å². The first-order chi connectivity index (χ1) is 9.97. The van der Waals surface area contributed by atoms with Crippen LogP contribution in [-0.4, -0.2) is 41.8 Å². The van der Waals surface area contributed by atoms with Crippen molar-refractivity contribution in [3.63, 3.8) is 0 Å². The molecular formula is C16H21NO4. The van der Waals surface area contributed by atoms with Crippen molar-refractivity contribution in [2.45, 2.75) is 26.7 Å². The Balaban J connectivity index is 2.03. The van der Waals surface area contributed by atoms with Gasteiger partial charge in [-0.3, -0.25) is 0 Å². The van der Waals surface area contributed by atoms with Crippen LogP contribution in [0.2, 0.25) is 0 Å². The van der Waals surface area contributed by atoms with Crippen LogP contribution in [0.15, 0.2) is 18.2 Å². The standard InChI is InChI=1S/C16H21NO4/c1-11(2)10-21-16(20)17-7-5-12-3-4-14(15(18)19)9-13(12)6-8-17/h3-4,9,11H,5-8,10H2,1-2H3,(H,18,19). The summed E-state index contributed by atoms with van der Waals surface area (Å²) in [5.74, 6) is -0.605. The molecule has 1 amide bonds. The van der Waals surface area contributed by atoms with E-state index in [4.69, 9.17) is 9.84 Å². The Morgan fingerprint density at radius 1 is 1.24 bits per heavy atom. The number of hydrogen-bond acceptors (Lipinski definition) is 3. The van der Waals surface area contributed by atoms with Gasteiger partial charge in [-0.2, -0.15) is 0 Å². The van der Waals surface area contributed by atoms with Crippen molar-refractivity contribution in [3.05, 3.63) is 34.9 Å². The Labute approximate surface area is 124 Å². The molecule has 0 atom stereocenters. The molecule has 1 aliphatic heterocycles. The normalized spacial score (nSPS) is 14.5. The minimum Gasteiger partial charge on any atom is -0.478 e. The zero-order valence-electron chi connectivity index (χ0n) is 12.5. The van der Waals surface area contributed by atoms with Crippen LogP contribution in [0.5, 0.6) is 0 Å². The number of carboxylic acids is 1. The van der Waals surface area contributed by atoms with Crippen molar-refractivity contribution in [2.24, 2.45) is 5.92 Å². The van der Waals surface area contributed by atoms with E-state index in [2.05, 4.69) is 0 Å². The van der Waals surface area contributed by atoms with E-state index in [1.807, 2.05) is 19.9 Å². The molecule has 1 aromatic rings. The lowest BCUT2D eigenvalue weighted by Crippen LogP contribution is -2.34. The van der Waals surface area contributed by atoms with Crippen LogP contribution >= 0.6 is 0 Å². The van der Waals surface area contributed by atoms with E-state index in [0.717, 1.165) is 17.5 Å². The average Bonchev–Trinajstić information content (AvgIpc) is 2.66. The fourth-order valence-electron chi connectivity index (χ4n) is 2.37. The summed E-state index contributed by atoms with van der Waals surface area (Å²) in [4.78, 5) is 24.7. The van der Waals surface area contributed by atoms with Crippen LogP contribution in [0.4, 0.5) is 4.79 Å². The van der Waals surface area contributed by atoms with Gasteiger partial charge in [0.25, 0.3) is 0 Å². The summed E-state index contributed by atoms with van der Waals surface area (Å²) in [6.07, 6.45) is 1.11. The molecule has 0 aliphatic carbocycles. The molecule has 0 fully saturated rings. The molecule has 0 aromatic heterocycles. The van der Waals surface area contributed by atoms with Crippen molar-refractivity contribution in [1.82, 2.24) is 4.90 Å². The molecule has 0 spiro atoms. The number of nitrogens with zero attached hydrogens (tertiary/aromatic N) is 1. The van der Waals surface area contributed by atoms with Crippen molar-refractivity contribution in [1.29, 1.82) is 0 Å². The third-order valence-electron chi connectivity index (χ3n) is 3.55. The minimum atomic E-state index is -0.921. The smallest absolute Gasteiger partial charge is 0.409 e. The number of benzene rings is 1. The largest absolute Gasteiger partial charge is 0.478 e. The van der Waals surface area contributed by atoms with Crippen molar-refractivity contribution in [3.8, 4) is 0 Å². The Kier molecular flexibility index (Phi) is 4.83. The molecule has 1 aliphatic rings. The highest BCUT2D eigenvalue weighted by atomic mass is 16.6. The van der Waals surface area contributed by atoms with Gasteiger partial charge in [-0.1, -0.05) is 19.9 Å². The second-order valence-electron chi connectivity index (χ2n) is 5.75. The number of carboxylic acid groups (broad SMARTS) is 1. The molecule has 1 aromatic carbocycles. The second-order valence-corrected chi connectivity index (χ2v) is 5.75. The molecular weight excluding hydrogens is 270 g/mol. The second kappa shape index (κ2) is 6.61. The molecule has 0 radical (unpaired) electrons. The highest BCUT2D eigenvalue weighted by molar-refractivity contribution is 5.87. The lowest BCUT2D eigenvalue weighted by Gasteiger charge is -2.20.